The molecule has 2 heterocycles. The molecule has 0 aliphatic rings. The molecule has 6 nitrogen and oxygen atoms in total. The van der Waals surface area contributed by atoms with Crippen molar-refractivity contribution in [2.24, 2.45) is 0 Å². The van der Waals surface area contributed by atoms with Gasteiger partial charge in [0.1, 0.15) is 5.76 Å². The Balaban J connectivity index is 1.60. The van der Waals surface area contributed by atoms with E-state index in [1.54, 1.807) is 41.9 Å². The summed E-state index contributed by atoms with van der Waals surface area (Å²) in [6.07, 6.45) is 1.63. The van der Waals surface area contributed by atoms with Gasteiger partial charge in [-0.1, -0.05) is 6.07 Å². The second-order valence-corrected chi connectivity index (χ2v) is 7.14. The number of thiophene rings is 1. The molecule has 0 fully saturated rings. The summed E-state index contributed by atoms with van der Waals surface area (Å²) in [5.41, 5.74) is 1.38. The third-order valence-electron chi connectivity index (χ3n) is 3.78. The zero-order valence-electron chi connectivity index (χ0n) is 15.0. The van der Waals surface area contributed by atoms with E-state index >= 15 is 0 Å². The molecule has 2 N–H and O–H groups in total. The number of rotatable bonds is 8. The molecular weight excluding hydrogens is 362 g/mol. The van der Waals surface area contributed by atoms with Gasteiger partial charge in [-0.2, -0.15) is 0 Å². The van der Waals surface area contributed by atoms with Crippen molar-refractivity contribution in [2.45, 2.75) is 20.0 Å². The SMILES string of the molecule is CC(=O)Nc1ccc(NC(=O)CN(Cc2ccco2)Cc2cccs2)cc1. The van der Waals surface area contributed by atoms with Crippen molar-refractivity contribution >= 4 is 34.5 Å². The number of nitrogens with zero attached hydrogens (tertiary/aromatic N) is 1. The summed E-state index contributed by atoms with van der Waals surface area (Å²) in [7, 11) is 0. The lowest BCUT2D eigenvalue weighted by molar-refractivity contribution is -0.117. The van der Waals surface area contributed by atoms with Gasteiger partial charge in [0.05, 0.1) is 19.4 Å². The zero-order chi connectivity index (χ0) is 19.1. The Morgan fingerprint density at radius 2 is 1.74 bits per heavy atom. The van der Waals surface area contributed by atoms with E-state index in [0.717, 1.165) is 5.76 Å². The summed E-state index contributed by atoms with van der Waals surface area (Å²) in [5.74, 6) is 0.582. The molecule has 7 heteroatoms. The minimum Gasteiger partial charge on any atom is -0.468 e. The van der Waals surface area contributed by atoms with Gasteiger partial charge in [0.15, 0.2) is 0 Å². The van der Waals surface area contributed by atoms with Crippen LogP contribution in [0.5, 0.6) is 0 Å². The molecule has 2 amide bonds. The first-order valence-electron chi connectivity index (χ1n) is 8.53. The summed E-state index contributed by atoms with van der Waals surface area (Å²) < 4.78 is 5.42. The van der Waals surface area contributed by atoms with E-state index in [2.05, 4.69) is 16.7 Å². The minimum absolute atomic E-state index is 0.106. The molecule has 0 aliphatic heterocycles. The summed E-state index contributed by atoms with van der Waals surface area (Å²) in [6.45, 7) is 2.93. The fourth-order valence-electron chi connectivity index (χ4n) is 2.66. The molecule has 3 rings (SSSR count). The van der Waals surface area contributed by atoms with Crippen LogP contribution in [0.4, 0.5) is 11.4 Å². The molecule has 27 heavy (non-hydrogen) atoms. The first kappa shape index (κ1) is 18.9. The Labute approximate surface area is 161 Å². The van der Waals surface area contributed by atoms with Crippen LogP contribution >= 0.6 is 11.3 Å². The van der Waals surface area contributed by atoms with E-state index in [0.29, 0.717) is 24.5 Å². The van der Waals surface area contributed by atoms with E-state index in [1.807, 2.05) is 28.5 Å². The van der Waals surface area contributed by atoms with E-state index in [4.69, 9.17) is 4.42 Å². The van der Waals surface area contributed by atoms with Crippen LogP contribution in [0.1, 0.15) is 17.6 Å². The molecule has 0 unspecified atom stereocenters. The quantitative estimate of drug-likeness (QED) is 0.618. The largest absolute Gasteiger partial charge is 0.468 e. The number of furan rings is 1. The average molecular weight is 383 g/mol. The van der Waals surface area contributed by atoms with Crippen molar-refractivity contribution < 1.29 is 14.0 Å². The van der Waals surface area contributed by atoms with Crippen molar-refractivity contribution in [1.82, 2.24) is 4.90 Å². The Bertz CT molecular complexity index is 822. The molecule has 0 radical (unpaired) electrons. The number of hydrogen-bond acceptors (Lipinski definition) is 5. The zero-order valence-corrected chi connectivity index (χ0v) is 15.8. The third-order valence-corrected chi connectivity index (χ3v) is 4.64. The summed E-state index contributed by atoms with van der Waals surface area (Å²) in [6, 6.07) is 14.8. The molecule has 0 saturated carbocycles. The average Bonchev–Trinajstić information content (AvgIpc) is 3.30. The number of anilines is 2. The Kier molecular flexibility index (Phi) is 6.40. The molecular formula is C20H21N3O3S. The molecule has 1 aromatic carbocycles. The maximum Gasteiger partial charge on any atom is 0.238 e. The topological polar surface area (TPSA) is 74.6 Å². The van der Waals surface area contributed by atoms with Gasteiger partial charge in [-0.25, -0.2) is 0 Å². The van der Waals surface area contributed by atoms with Gasteiger partial charge in [0.25, 0.3) is 0 Å². The van der Waals surface area contributed by atoms with Crippen molar-refractivity contribution in [3.8, 4) is 0 Å². The highest BCUT2D eigenvalue weighted by molar-refractivity contribution is 7.09. The standard InChI is InChI=1S/C20H21N3O3S/c1-15(24)21-16-6-8-17(9-7-16)22-20(25)14-23(12-18-4-2-10-26-18)13-19-5-3-11-27-19/h2-11H,12-14H2,1H3,(H,21,24)(H,22,25). The lowest BCUT2D eigenvalue weighted by Gasteiger charge is -2.20. The molecule has 140 valence electrons. The van der Waals surface area contributed by atoms with E-state index < -0.39 is 0 Å². The highest BCUT2D eigenvalue weighted by Crippen LogP contribution is 2.16. The first-order valence-corrected chi connectivity index (χ1v) is 9.41. The highest BCUT2D eigenvalue weighted by Gasteiger charge is 2.14. The van der Waals surface area contributed by atoms with Crippen molar-refractivity contribution in [2.75, 3.05) is 17.2 Å². The normalized spacial score (nSPS) is 10.7. The lowest BCUT2D eigenvalue weighted by atomic mass is 10.2. The molecule has 3 aromatic rings. The van der Waals surface area contributed by atoms with Crippen LogP contribution in [0.25, 0.3) is 0 Å². The van der Waals surface area contributed by atoms with Gasteiger partial charge in [-0.3, -0.25) is 14.5 Å². The summed E-state index contributed by atoms with van der Waals surface area (Å²) >= 11 is 1.66. The van der Waals surface area contributed by atoms with Crippen LogP contribution in [0, 0.1) is 0 Å². The Hall–Kier alpha value is -2.90. The smallest absolute Gasteiger partial charge is 0.238 e. The summed E-state index contributed by atoms with van der Waals surface area (Å²) in [5, 5.41) is 7.61. The van der Waals surface area contributed by atoms with Gasteiger partial charge in [0.2, 0.25) is 11.8 Å². The van der Waals surface area contributed by atoms with Crippen LogP contribution in [-0.2, 0) is 22.7 Å². The first-order chi connectivity index (χ1) is 13.1. The van der Waals surface area contributed by atoms with Crippen LogP contribution in [-0.4, -0.2) is 23.3 Å². The van der Waals surface area contributed by atoms with E-state index in [-0.39, 0.29) is 18.4 Å². The van der Waals surface area contributed by atoms with Gasteiger partial charge < -0.3 is 15.1 Å². The maximum atomic E-state index is 12.5. The lowest BCUT2D eigenvalue weighted by Crippen LogP contribution is -2.32. The predicted molar refractivity (Wildman–Crippen MR) is 107 cm³/mol. The number of benzene rings is 1. The van der Waals surface area contributed by atoms with Gasteiger partial charge in [-0.05, 0) is 47.8 Å². The van der Waals surface area contributed by atoms with Crippen molar-refractivity contribution in [1.29, 1.82) is 0 Å². The molecule has 0 aliphatic carbocycles. The minimum atomic E-state index is -0.131. The van der Waals surface area contributed by atoms with Crippen LogP contribution < -0.4 is 10.6 Å². The number of carbonyl (C=O) groups excluding carboxylic acids is 2. The van der Waals surface area contributed by atoms with Crippen molar-refractivity contribution in [3.63, 3.8) is 0 Å². The van der Waals surface area contributed by atoms with Gasteiger partial charge in [0, 0.05) is 29.7 Å². The van der Waals surface area contributed by atoms with Crippen molar-refractivity contribution in [3.05, 3.63) is 70.8 Å². The monoisotopic (exact) mass is 383 g/mol. The van der Waals surface area contributed by atoms with Gasteiger partial charge in [-0.15, -0.1) is 11.3 Å². The molecule has 2 aromatic heterocycles. The Morgan fingerprint density at radius 3 is 2.33 bits per heavy atom. The van der Waals surface area contributed by atoms with Gasteiger partial charge >= 0.3 is 0 Å². The Morgan fingerprint density at radius 1 is 1.00 bits per heavy atom. The molecule has 0 bridgehead atoms. The van der Waals surface area contributed by atoms with E-state index in [9.17, 15) is 9.59 Å². The number of carbonyl (C=O) groups is 2. The third kappa shape index (κ3) is 6.09. The summed E-state index contributed by atoms with van der Waals surface area (Å²) in [4.78, 5) is 26.8. The maximum absolute atomic E-state index is 12.5. The molecule has 0 spiro atoms. The number of nitrogens with one attached hydrogen (secondary N) is 2. The fraction of sp³-hybridized carbons (Fsp3) is 0.200. The second kappa shape index (κ2) is 9.16. The molecule has 0 atom stereocenters. The number of hydrogen-bond donors (Lipinski definition) is 2. The second-order valence-electron chi connectivity index (χ2n) is 6.11. The van der Waals surface area contributed by atoms with Crippen LogP contribution in [0.3, 0.4) is 0 Å². The molecule has 0 saturated heterocycles. The van der Waals surface area contributed by atoms with Crippen LogP contribution in [0.15, 0.2) is 64.6 Å². The fourth-order valence-corrected chi connectivity index (χ4v) is 3.40. The highest BCUT2D eigenvalue weighted by atomic mass is 32.1. The number of amides is 2. The predicted octanol–water partition coefficient (Wildman–Crippen LogP) is 3.94. The van der Waals surface area contributed by atoms with Crippen LogP contribution in [0.2, 0.25) is 0 Å². The van der Waals surface area contributed by atoms with E-state index in [1.165, 1.54) is 11.8 Å².